The first kappa shape index (κ1) is 41.6. The van der Waals surface area contributed by atoms with Crippen LogP contribution in [0, 0.1) is 17.8 Å². The van der Waals surface area contributed by atoms with E-state index in [2.05, 4.69) is 16.0 Å². The van der Waals surface area contributed by atoms with E-state index < -0.39 is 60.4 Å². The first-order valence-electron chi connectivity index (χ1n) is 13.0. The molecule has 0 bridgehead atoms. The number of hydrogen-bond acceptors (Lipinski definition) is 11. The van der Waals surface area contributed by atoms with Crippen LogP contribution >= 0.6 is 0 Å². The van der Waals surface area contributed by atoms with Crippen molar-refractivity contribution < 1.29 is 55.2 Å². The Hall–Kier alpha value is -1.91. The Bertz CT molecular complexity index is 665. The molecule has 3 amide bonds. The van der Waals surface area contributed by atoms with Gasteiger partial charge in [0, 0.05) is 20.1 Å². The summed E-state index contributed by atoms with van der Waals surface area (Å²) in [6.07, 6.45) is -7.40. The molecule has 0 spiro atoms. The molecular formula is C25H53N3O11. The zero-order valence-electron chi connectivity index (χ0n) is 24.4. The smallest absolute Gasteiger partial charge is 0.251 e. The molecule has 0 aromatic carbocycles. The van der Waals surface area contributed by atoms with E-state index in [0.29, 0.717) is 6.42 Å². The van der Waals surface area contributed by atoms with Crippen LogP contribution in [-0.4, -0.2) is 128 Å². The summed E-state index contributed by atoms with van der Waals surface area (Å²) >= 11 is 0. The van der Waals surface area contributed by atoms with E-state index >= 15 is 0 Å². The van der Waals surface area contributed by atoms with Crippen molar-refractivity contribution >= 4 is 17.7 Å². The molecule has 0 aliphatic carbocycles. The highest BCUT2D eigenvalue weighted by Gasteiger charge is 2.27. The summed E-state index contributed by atoms with van der Waals surface area (Å²) < 4.78 is 0. The summed E-state index contributed by atoms with van der Waals surface area (Å²) in [4.78, 5) is 33.0. The lowest BCUT2D eigenvalue weighted by atomic mass is 10.0. The third kappa shape index (κ3) is 18.9. The molecule has 0 radical (unpaired) electrons. The largest absolute Gasteiger partial charge is 0.395 e. The zero-order valence-corrected chi connectivity index (χ0v) is 24.4. The van der Waals surface area contributed by atoms with E-state index in [0.717, 1.165) is 0 Å². The van der Waals surface area contributed by atoms with Crippen LogP contribution in [0.2, 0.25) is 0 Å². The van der Waals surface area contributed by atoms with E-state index in [1.54, 1.807) is 48.5 Å². The van der Waals surface area contributed by atoms with Crippen LogP contribution < -0.4 is 16.0 Å². The van der Waals surface area contributed by atoms with Crippen molar-refractivity contribution in [3.63, 3.8) is 0 Å². The maximum Gasteiger partial charge on any atom is 0.251 e. The molecule has 234 valence electrons. The minimum Gasteiger partial charge on any atom is -0.395 e. The summed E-state index contributed by atoms with van der Waals surface area (Å²) in [6.45, 7) is 12.1. The van der Waals surface area contributed by atoms with Gasteiger partial charge in [0.25, 0.3) is 17.7 Å². The lowest BCUT2D eigenvalue weighted by Gasteiger charge is -2.20. The molecule has 0 saturated carbocycles. The fourth-order valence-corrected chi connectivity index (χ4v) is 2.46. The molecule has 14 nitrogen and oxygen atoms in total. The van der Waals surface area contributed by atoms with Crippen molar-refractivity contribution in [2.75, 3.05) is 26.7 Å². The number of carbonyl (C=O) groups excluding carboxylic acids is 3. The van der Waals surface area contributed by atoms with Gasteiger partial charge in [-0.15, -0.1) is 0 Å². The summed E-state index contributed by atoms with van der Waals surface area (Å²) in [7, 11) is 1.42. The fourth-order valence-electron chi connectivity index (χ4n) is 2.46. The summed E-state index contributed by atoms with van der Waals surface area (Å²) in [5, 5.41) is 80.1. The van der Waals surface area contributed by atoms with Gasteiger partial charge in [-0.25, -0.2) is 0 Å². The minimum atomic E-state index is -1.44. The van der Waals surface area contributed by atoms with Gasteiger partial charge in [-0.3, -0.25) is 14.4 Å². The molecular weight excluding hydrogens is 518 g/mol. The normalized spacial score (nSPS) is 16.4. The number of likely N-dealkylation sites (N-methyl/N-ethyl adjacent to an activating group) is 1. The fraction of sp³-hybridized carbons (Fsp3) is 0.880. The predicted molar refractivity (Wildman–Crippen MR) is 144 cm³/mol. The van der Waals surface area contributed by atoms with Crippen molar-refractivity contribution in [2.45, 2.75) is 97.6 Å². The summed E-state index contributed by atoms with van der Waals surface area (Å²) in [6, 6.07) is 0. The second-order valence-electron chi connectivity index (χ2n) is 9.97. The second-order valence-corrected chi connectivity index (χ2v) is 9.97. The van der Waals surface area contributed by atoms with Gasteiger partial charge in [-0.05, 0) is 24.2 Å². The molecule has 39 heavy (non-hydrogen) atoms. The maximum atomic E-state index is 11.3. The highest BCUT2D eigenvalue weighted by Crippen LogP contribution is 2.07. The highest BCUT2D eigenvalue weighted by molar-refractivity contribution is 5.81. The van der Waals surface area contributed by atoms with Crippen molar-refractivity contribution in [2.24, 2.45) is 17.8 Å². The Morgan fingerprint density at radius 2 is 0.949 bits per heavy atom. The number of nitrogens with one attached hydrogen (secondary N) is 3. The van der Waals surface area contributed by atoms with Crippen LogP contribution in [0.1, 0.15) is 54.9 Å². The van der Waals surface area contributed by atoms with E-state index in [4.69, 9.17) is 10.2 Å². The lowest BCUT2D eigenvalue weighted by molar-refractivity contribution is -0.137. The molecule has 0 rings (SSSR count). The molecule has 0 aromatic heterocycles. The minimum absolute atomic E-state index is 0.0840. The van der Waals surface area contributed by atoms with Gasteiger partial charge in [-0.2, -0.15) is 0 Å². The quantitative estimate of drug-likeness (QED) is 0.0992. The standard InChI is InChI=1S/C10H21NO4.C8H17NO4.C7H15NO3/c1-4-7(12)5-11-10(15)9(14)8(13)6(2)3;1-5(2)6(11)7(12)8(13)9-3-4-10;1-4(2)5(9)6(10)7(11)8-3/h6-9,12-14H,4-5H2,1-3H3,(H,11,15);5-7,10-12H,3-4H2,1-2H3,(H,9,13);4-6,9-10H,1-3H3,(H,8,11)/t7?,8-,9+;6-,7+;5-,6+/m000/s1. The number of rotatable bonds is 14. The molecule has 0 heterocycles. The monoisotopic (exact) mass is 571 g/mol. The molecule has 1 unspecified atom stereocenters. The molecule has 7 atom stereocenters. The number of aliphatic hydroxyl groups excluding tert-OH is 8. The third-order valence-corrected chi connectivity index (χ3v) is 5.47. The van der Waals surface area contributed by atoms with Gasteiger partial charge in [0.1, 0.15) is 0 Å². The van der Waals surface area contributed by atoms with Crippen LogP contribution in [0.15, 0.2) is 0 Å². The molecule has 0 saturated heterocycles. The summed E-state index contributed by atoms with van der Waals surface area (Å²) in [5.41, 5.74) is 0. The van der Waals surface area contributed by atoms with E-state index in [9.17, 15) is 45.0 Å². The van der Waals surface area contributed by atoms with Crippen LogP contribution in [0.3, 0.4) is 0 Å². The van der Waals surface area contributed by atoms with E-state index in [1.165, 1.54) is 7.05 Å². The summed E-state index contributed by atoms with van der Waals surface area (Å²) in [5.74, 6) is -2.36. The molecule has 0 fully saturated rings. The van der Waals surface area contributed by atoms with Crippen LogP contribution in [0.4, 0.5) is 0 Å². The van der Waals surface area contributed by atoms with E-state index in [-0.39, 0.29) is 37.5 Å². The van der Waals surface area contributed by atoms with Gasteiger partial charge in [0.2, 0.25) is 0 Å². The first-order chi connectivity index (χ1) is 17.9. The van der Waals surface area contributed by atoms with Gasteiger partial charge < -0.3 is 56.8 Å². The average molecular weight is 572 g/mol. The Kier molecular flexibility index (Phi) is 24.4. The molecule has 14 heteroatoms. The predicted octanol–water partition coefficient (Wildman–Crippen LogP) is -3.17. The molecule has 0 aliphatic rings. The maximum absolute atomic E-state index is 11.3. The highest BCUT2D eigenvalue weighted by atomic mass is 16.3. The molecule has 0 aliphatic heterocycles. The zero-order chi connectivity index (χ0) is 31.5. The van der Waals surface area contributed by atoms with Crippen LogP contribution in [0.5, 0.6) is 0 Å². The number of amides is 3. The Morgan fingerprint density at radius 1 is 0.615 bits per heavy atom. The van der Waals surface area contributed by atoms with Crippen molar-refractivity contribution in [3.05, 3.63) is 0 Å². The average Bonchev–Trinajstić information content (AvgIpc) is 2.91. The Morgan fingerprint density at radius 3 is 1.23 bits per heavy atom. The van der Waals surface area contributed by atoms with Crippen LogP contribution in [-0.2, 0) is 14.4 Å². The first-order valence-corrected chi connectivity index (χ1v) is 13.0. The third-order valence-electron chi connectivity index (χ3n) is 5.47. The van der Waals surface area contributed by atoms with E-state index in [1.807, 2.05) is 0 Å². The van der Waals surface area contributed by atoms with Gasteiger partial charge in [0.15, 0.2) is 18.3 Å². The number of carbonyl (C=O) groups is 3. The Labute approximate surface area is 231 Å². The molecule has 0 aromatic rings. The number of aliphatic hydroxyl groups is 8. The van der Waals surface area contributed by atoms with Crippen molar-refractivity contribution in [3.8, 4) is 0 Å². The van der Waals surface area contributed by atoms with Crippen molar-refractivity contribution in [1.29, 1.82) is 0 Å². The SMILES string of the molecule is CC(C)[C@H](O)[C@@H](O)C(=O)NCCO.CCC(O)CNC(=O)[C@H](O)[C@@H](O)C(C)C.CNC(=O)[C@H](O)[C@@H](O)C(C)C. The second kappa shape index (κ2) is 22.9. The lowest BCUT2D eigenvalue weighted by Crippen LogP contribution is -2.46. The topological polar surface area (TPSA) is 249 Å². The van der Waals surface area contributed by atoms with Crippen molar-refractivity contribution in [1.82, 2.24) is 16.0 Å². The Balaban J connectivity index is -0.000000505. The van der Waals surface area contributed by atoms with Gasteiger partial charge >= 0.3 is 0 Å². The molecule has 11 N–H and O–H groups in total. The van der Waals surface area contributed by atoms with Gasteiger partial charge in [-0.1, -0.05) is 48.5 Å². The van der Waals surface area contributed by atoms with Gasteiger partial charge in [0.05, 0.1) is 31.0 Å². The van der Waals surface area contributed by atoms with Crippen LogP contribution in [0.25, 0.3) is 0 Å². The number of hydrogen-bond donors (Lipinski definition) is 11.